The predicted octanol–water partition coefficient (Wildman–Crippen LogP) is 4.51. The Kier molecular flexibility index (Phi) is 5.19. The minimum Gasteiger partial charge on any atom is -0.355 e. The first kappa shape index (κ1) is 18.6. The summed E-state index contributed by atoms with van der Waals surface area (Å²) < 4.78 is 0. The minimum atomic E-state index is -0.179. The molecule has 0 fully saturated rings. The normalized spacial score (nSPS) is 16.7. The van der Waals surface area contributed by atoms with Crippen LogP contribution in [0, 0.1) is 11.3 Å². The molecule has 0 unspecified atom stereocenters. The third-order valence-corrected chi connectivity index (χ3v) is 6.38. The molecular weight excluding hydrogens is 344 g/mol. The molecule has 0 spiro atoms. The summed E-state index contributed by atoms with van der Waals surface area (Å²) in [5.41, 5.74) is 2.58. The summed E-state index contributed by atoms with van der Waals surface area (Å²) in [6.45, 7) is 6.82. The first-order chi connectivity index (χ1) is 12.3. The lowest BCUT2D eigenvalue weighted by Crippen LogP contribution is -2.27. The van der Waals surface area contributed by atoms with Gasteiger partial charge in [0.15, 0.2) is 0 Å². The molecule has 0 saturated heterocycles. The van der Waals surface area contributed by atoms with Crippen LogP contribution < -0.4 is 10.6 Å². The molecule has 5 heteroatoms. The van der Waals surface area contributed by atoms with Crippen molar-refractivity contribution in [3.05, 3.63) is 51.9 Å². The Balaban J connectivity index is 1.94. The standard InChI is InChI=1S/C21H26N2O2S/c1-21(2,3)14-10-11-15-16(12-14)26-20(17(15)19(25)22-4)23-18(24)13-8-6-5-7-9-13/h5-9,14H,10-12H2,1-4H3,(H,22,25)(H,23,24)/t14-/m1/s1. The van der Waals surface area contributed by atoms with E-state index >= 15 is 0 Å². The number of thiophene rings is 1. The maximum atomic E-state index is 12.6. The Morgan fingerprint density at radius 3 is 2.42 bits per heavy atom. The van der Waals surface area contributed by atoms with Gasteiger partial charge in [-0.05, 0) is 48.3 Å². The molecule has 1 atom stereocenters. The summed E-state index contributed by atoms with van der Waals surface area (Å²) in [4.78, 5) is 26.3. The van der Waals surface area contributed by atoms with E-state index in [1.807, 2.05) is 18.2 Å². The van der Waals surface area contributed by atoms with Crippen LogP contribution in [0.3, 0.4) is 0 Å². The molecule has 1 aliphatic rings. The molecule has 2 N–H and O–H groups in total. The molecule has 0 radical (unpaired) electrons. The smallest absolute Gasteiger partial charge is 0.256 e. The van der Waals surface area contributed by atoms with E-state index in [0.29, 0.717) is 22.0 Å². The molecule has 1 aromatic heterocycles. The Morgan fingerprint density at radius 2 is 1.81 bits per heavy atom. The second kappa shape index (κ2) is 7.23. The number of carbonyl (C=O) groups excluding carboxylic acids is 2. The van der Waals surface area contributed by atoms with Crippen molar-refractivity contribution in [3.63, 3.8) is 0 Å². The van der Waals surface area contributed by atoms with Crippen molar-refractivity contribution in [1.29, 1.82) is 0 Å². The number of rotatable bonds is 3. The number of hydrogen-bond acceptors (Lipinski definition) is 3. The SMILES string of the molecule is CNC(=O)c1c(NC(=O)c2ccccc2)sc2c1CC[C@@H](C(C)(C)C)C2. The van der Waals surface area contributed by atoms with Gasteiger partial charge in [0.1, 0.15) is 5.00 Å². The zero-order valence-electron chi connectivity index (χ0n) is 15.8. The number of carbonyl (C=O) groups is 2. The molecule has 26 heavy (non-hydrogen) atoms. The van der Waals surface area contributed by atoms with Crippen LogP contribution >= 0.6 is 11.3 Å². The predicted molar refractivity (Wildman–Crippen MR) is 107 cm³/mol. The molecular formula is C21H26N2O2S. The van der Waals surface area contributed by atoms with Crippen molar-refractivity contribution in [2.45, 2.75) is 40.0 Å². The lowest BCUT2D eigenvalue weighted by molar-refractivity contribution is 0.0963. The molecule has 138 valence electrons. The average molecular weight is 371 g/mol. The van der Waals surface area contributed by atoms with Crippen LogP contribution in [0.4, 0.5) is 5.00 Å². The van der Waals surface area contributed by atoms with Gasteiger partial charge in [0, 0.05) is 17.5 Å². The van der Waals surface area contributed by atoms with Crippen molar-refractivity contribution < 1.29 is 9.59 Å². The second-order valence-corrected chi connectivity index (χ2v) is 9.02. The van der Waals surface area contributed by atoms with Crippen LogP contribution in [0.2, 0.25) is 0 Å². The lowest BCUT2D eigenvalue weighted by atomic mass is 9.72. The molecule has 0 saturated carbocycles. The van der Waals surface area contributed by atoms with Crippen LogP contribution in [-0.4, -0.2) is 18.9 Å². The largest absolute Gasteiger partial charge is 0.355 e. The summed E-state index contributed by atoms with van der Waals surface area (Å²) >= 11 is 1.56. The molecule has 0 bridgehead atoms. The molecule has 0 aliphatic heterocycles. The maximum absolute atomic E-state index is 12.6. The lowest BCUT2D eigenvalue weighted by Gasteiger charge is -2.33. The zero-order valence-corrected chi connectivity index (χ0v) is 16.6. The van der Waals surface area contributed by atoms with E-state index in [-0.39, 0.29) is 17.2 Å². The molecule has 1 aliphatic carbocycles. The summed E-state index contributed by atoms with van der Waals surface area (Å²) in [5, 5.41) is 6.36. The third kappa shape index (κ3) is 3.68. The Bertz CT molecular complexity index is 819. The van der Waals surface area contributed by atoms with Gasteiger partial charge in [-0.15, -0.1) is 11.3 Å². The highest BCUT2D eigenvalue weighted by molar-refractivity contribution is 7.17. The van der Waals surface area contributed by atoms with Gasteiger partial charge in [0.25, 0.3) is 11.8 Å². The fourth-order valence-electron chi connectivity index (χ4n) is 3.54. The first-order valence-electron chi connectivity index (χ1n) is 9.04. The van der Waals surface area contributed by atoms with Gasteiger partial charge in [-0.2, -0.15) is 0 Å². The van der Waals surface area contributed by atoms with E-state index in [0.717, 1.165) is 24.8 Å². The first-order valence-corrected chi connectivity index (χ1v) is 9.86. The highest BCUT2D eigenvalue weighted by Gasteiger charge is 2.33. The quantitative estimate of drug-likeness (QED) is 0.835. The molecule has 1 aromatic carbocycles. The van der Waals surface area contributed by atoms with Crippen LogP contribution in [0.25, 0.3) is 0 Å². The van der Waals surface area contributed by atoms with Gasteiger partial charge in [-0.3, -0.25) is 9.59 Å². The minimum absolute atomic E-state index is 0.125. The fraction of sp³-hybridized carbons (Fsp3) is 0.429. The van der Waals surface area contributed by atoms with Crippen LogP contribution in [-0.2, 0) is 12.8 Å². The van der Waals surface area contributed by atoms with Gasteiger partial charge in [0.2, 0.25) is 0 Å². The second-order valence-electron chi connectivity index (χ2n) is 7.91. The maximum Gasteiger partial charge on any atom is 0.256 e. The van der Waals surface area contributed by atoms with Crippen LogP contribution in [0.1, 0.15) is 58.3 Å². The van der Waals surface area contributed by atoms with E-state index < -0.39 is 0 Å². The highest BCUT2D eigenvalue weighted by atomic mass is 32.1. The summed E-state index contributed by atoms with van der Waals surface area (Å²) in [5.74, 6) is 0.283. The number of anilines is 1. The third-order valence-electron chi connectivity index (χ3n) is 5.21. The summed E-state index contributed by atoms with van der Waals surface area (Å²) in [7, 11) is 1.63. The van der Waals surface area contributed by atoms with E-state index in [4.69, 9.17) is 0 Å². The monoisotopic (exact) mass is 370 g/mol. The Hall–Kier alpha value is -2.14. The van der Waals surface area contributed by atoms with Gasteiger partial charge in [-0.25, -0.2) is 0 Å². The molecule has 2 aromatic rings. The number of fused-ring (bicyclic) bond motifs is 1. The highest BCUT2D eigenvalue weighted by Crippen LogP contribution is 2.44. The molecule has 2 amide bonds. The number of nitrogens with one attached hydrogen (secondary N) is 2. The van der Waals surface area contributed by atoms with Crippen molar-refractivity contribution in [2.75, 3.05) is 12.4 Å². The fourth-order valence-corrected chi connectivity index (χ4v) is 4.86. The van der Waals surface area contributed by atoms with Crippen LogP contribution in [0.15, 0.2) is 30.3 Å². The average Bonchev–Trinajstić information content (AvgIpc) is 2.98. The molecule has 3 rings (SSSR count). The zero-order chi connectivity index (χ0) is 18.9. The van der Waals surface area contributed by atoms with E-state index in [1.54, 1.807) is 30.5 Å². The number of amides is 2. The van der Waals surface area contributed by atoms with Gasteiger partial charge >= 0.3 is 0 Å². The van der Waals surface area contributed by atoms with E-state index in [9.17, 15) is 9.59 Å². The van der Waals surface area contributed by atoms with Crippen molar-refractivity contribution in [3.8, 4) is 0 Å². The molecule has 1 heterocycles. The van der Waals surface area contributed by atoms with Crippen molar-refractivity contribution in [1.82, 2.24) is 5.32 Å². The van der Waals surface area contributed by atoms with Gasteiger partial charge < -0.3 is 10.6 Å². The van der Waals surface area contributed by atoms with Crippen LogP contribution in [0.5, 0.6) is 0 Å². The summed E-state index contributed by atoms with van der Waals surface area (Å²) in [6.07, 6.45) is 2.93. The molecule has 4 nitrogen and oxygen atoms in total. The van der Waals surface area contributed by atoms with Crippen molar-refractivity contribution >= 4 is 28.2 Å². The number of hydrogen-bond donors (Lipinski definition) is 2. The Morgan fingerprint density at radius 1 is 1.12 bits per heavy atom. The summed E-state index contributed by atoms with van der Waals surface area (Å²) in [6, 6.07) is 9.10. The topological polar surface area (TPSA) is 58.2 Å². The van der Waals surface area contributed by atoms with Gasteiger partial charge in [0.05, 0.1) is 5.56 Å². The van der Waals surface area contributed by atoms with E-state index in [2.05, 4.69) is 31.4 Å². The number of benzene rings is 1. The van der Waals surface area contributed by atoms with Gasteiger partial charge in [-0.1, -0.05) is 39.0 Å². The van der Waals surface area contributed by atoms with Crippen molar-refractivity contribution in [2.24, 2.45) is 11.3 Å². The van der Waals surface area contributed by atoms with E-state index in [1.165, 1.54) is 4.88 Å². The Labute approximate surface area is 159 Å².